The van der Waals surface area contributed by atoms with Crippen LogP contribution in [0.4, 0.5) is 0 Å². The van der Waals surface area contributed by atoms with E-state index in [4.69, 9.17) is 42.6 Å². The minimum atomic E-state index is -1.95. The summed E-state index contributed by atoms with van der Waals surface area (Å²) < 4.78 is 54.2. The van der Waals surface area contributed by atoms with Gasteiger partial charge in [0.2, 0.25) is 0 Å². The molecule has 4 unspecified atom stereocenters. The predicted octanol–water partition coefficient (Wildman–Crippen LogP) is -5.38. The van der Waals surface area contributed by atoms with Crippen molar-refractivity contribution in [2.24, 2.45) is 51.2 Å². The molecule has 508 valence electrons. The Bertz CT molecular complexity index is 2360. The highest BCUT2D eigenvalue weighted by atomic mass is 16.8. The largest absolute Gasteiger partial charge is 0.396 e. The summed E-state index contributed by atoms with van der Waals surface area (Å²) in [5, 5.41) is 205. The van der Waals surface area contributed by atoms with Gasteiger partial charge in [-0.3, -0.25) is 0 Å². The maximum absolute atomic E-state index is 12.7. The Morgan fingerprint density at radius 2 is 1.11 bits per heavy atom. The molecule has 10 aliphatic rings. The second-order valence-corrected chi connectivity index (χ2v) is 28.9. The lowest BCUT2D eigenvalue weighted by Crippen LogP contribution is -2.65. The first-order chi connectivity index (χ1) is 41.3. The minimum absolute atomic E-state index is 0.000342. The molecule has 5 saturated carbocycles. The van der Waals surface area contributed by atoms with E-state index in [1.165, 1.54) is 13.8 Å². The van der Waals surface area contributed by atoms with E-state index in [9.17, 15) is 97.0 Å². The first-order valence-corrected chi connectivity index (χ1v) is 31.6. The molecule has 19 N–H and O–H groups in total. The average Bonchev–Trinajstić information content (AvgIpc) is 1.46. The molecule has 0 bridgehead atoms. The number of aliphatic hydroxyl groups is 19. The van der Waals surface area contributed by atoms with Crippen LogP contribution in [0.3, 0.4) is 0 Å². The van der Waals surface area contributed by atoms with E-state index in [1.807, 2.05) is 0 Å². The number of allylic oxidation sites excluding steroid dienone is 1. The van der Waals surface area contributed by atoms with Crippen molar-refractivity contribution < 1.29 is 140 Å². The minimum Gasteiger partial charge on any atom is -0.396 e. The molecule has 2 spiro atoms. The Morgan fingerprint density at radius 3 is 1.72 bits per heavy atom. The molecule has 4 heterocycles. The van der Waals surface area contributed by atoms with Crippen molar-refractivity contribution in [3.05, 3.63) is 11.6 Å². The van der Waals surface area contributed by atoms with Crippen LogP contribution >= 0.6 is 0 Å². The maximum Gasteiger partial charge on any atom is 0.187 e. The van der Waals surface area contributed by atoms with E-state index < -0.39 is 209 Å². The van der Waals surface area contributed by atoms with Crippen LogP contribution in [0.1, 0.15) is 106 Å². The lowest BCUT2D eigenvalue weighted by Gasteiger charge is -2.58. The van der Waals surface area contributed by atoms with E-state index in [0.717, 1.165) is 31.3 Å². The van der Waals surface area contributed by atoms with Gasteiger partial charge in [0.25, 0.3) is 0 Å². The smallest absolute Gasteiger partial charge is 0.187 e. The summed E-state index contributed by atoms with van der Waals surface area (Å²) in [5.74, 6) is -0.684. The fourth-order valence-electron chi connectivity index (χ4n) is 18.0. The standard InChI is InChI=1S/C60H100O28/c1-23(7-9-35(57(4,5)79)87-55-51(88-54-50(78)45(73)40(68)31(19-63)83-54)47(75)42(70)33(85-55)21-81-52-48(76)44(72)39(67)30(18-62)82-52)26-12-14-60-22-59(60)13-11-27-25(36(59)28(64)16-58(26,60)6)8-10-34(56(27,2)3)86-53-49(77)46(74)41(69)32(84-53)20-80-29-15-24(17-61)37(65)43(71)38(29)66/h11,23-26,28-55,61-79H,7-10,12-22H2,1-6H3/t23-,24-,25-,26-,28?,29-,30-,31+,32?,33-,34-,35?,36?,37+,38-,39-,40+,41-,42+,43+,44-,45+,46+,47+,48-,49-,50+,51+,52+,53-,54+,55+,58-,59-,60+/m1/s1. The summed E-state index contributed by atoms with van der Waals surface area (Å²) in [6.45, 7) is 8.57. The summed E-state index contributed by atoms with van der Waals surface area (Å²) in [6.07, 6.45) is -33.0. The highest BCUT2D eigenvalue weighted by Crippen LogP contribution is 2.89. The van der Waals surface area contributed by atoms with Gasteiger partial charge in [0.05, 0.1) is 62.5 Å². The van der Waals surface area contributed by atoms with Crippen molar-refractivity contribution in [3.63, 3.8) is 0 Å². The monoisotopic (exact) mass is 1270 g/mol. The molecule has 10 rings (SSSR count). The molecule has 6 aliphatic carbocycles. The molecule has 0 aromatic heterocycles. The van der Waals surface area contributed by atoms with Crippen molar-refractivity contribution in [1.29, 1.82) is 0 Å². The molecular formula is C60H100O28. The molecule has 0 aromatic rings. The van der Waals surface area contributed by atoms with Crippen molar-refractivity contribution in [2.45, 2.75) is 277 Å². The number of hydrogen-bond donors (Lipinski definition) is 19. The number of ether oxygens (including phenoxy) is 9. The van der Waals surface area contributed by atoms with E-state index in [-0.39, 0.29) is 59.4 Å². The van der Waals surface area contributed by atoms with Crippen molar-refractivity contribution in [2.75, 3.05) is 33.0 Å². The lowest BCUT2D eigenvalue weighted by molar-refractivity contribution is -0.380. The molecule has 4 aliphatic heterocycles. The zero-order valence-corrected chi connectivity index (χ0v) is 50.8. The summed E-state index contributed by atoms with van der Waals surface area (Å²) in [6, 6.07) is 0. The lowest BCUT2D eigenvalue weighted by atomic mass is 9.48. The van der Waals surface area contributed by atoms with E-state index in [0.29, 0.717) is 25.7 Å². The van der Waals surface area contributed by atoms with Gasteiger partial charge < -0.3 is 140 Å². The number of fused-ring (bicyclic) bond motifs is 2. The highest BCUT2D eigenvalue weighted by molar-refractivity contribution is 5.38. The normalized spacial score (nSPS) is 52.6. The average molecular weight is 1270 g/mol. The fourth-order valence-corrected chi connectivity index (χ4v) is 18.0. The van der Waals surface area contributed by atoms with Crippen LogP contribution in [0.25, 0.3) is 0 Å². The first kappa shape index (κ1) is 69.4. The molecule has 4 saturated heterocycles. The Hall–Kier alpha value is -1.38. The molecule has 28 heteroatoms. The molecule has 9 fully saturated rings. The van der Waals surface area contributed by atoms with Crippen LogP contribution in [0.5, 0.6) is 0 Å². The molecule has 0 aromatic carbocycles. The predicted molar refractivity (Wildman–Crippen MR) is 297 cm³/mol. The van der Waals surface area contributed by atoms with Crippen LogP contribution in [0.2, 0.25) is 0 Å². The van der Waals surface area contributed by atoms with Crippen molar-refractivity contribution >= 4 is 0 Å². The molecule has 0 amide bonds. The number of hydrogen-bond acceptors (Lipinski definition) is 28. The van der Waals surface area contributed by atoms with Gasteiger partial charge in [0.15, 0.2) is 25.2 Å². The van der Waals surface area contributed by atoms with Crippen molar-refractivity contribution in [3.8, 4) is 0 Å². The molecule has 88 heavy (non-hydrogen) atoms. The van der Waals surface area contributed by atoms with Crippen LogP contribution < -0.4 is 0 Å². The SMILES string of the molecule is C[C@H](CCC(O[C@@H]1O[C@H](CO[C@H]2O[C@H](CO)[C@@H](O)[C@@H](O)[C@H]2O)[C@H](O)[C@H](O)[C@@H]1O[C@@H]1O[C@@H](CO)[C@H](O)[C@H](O)[C@@H]1O)C(C)(C)O)[C@H]1CC[C@@]23C[C@@]24CC=C2[C@@H](CC[C@@H](O[C@H]5OC(CO[C@@H]6C[C@H](CO)[C@H](O)[C@H](O)[C@@H]6O)[C@@H](O)[C@H](O)[C@H]5O)C2(C)C)C4C(O)C[C@]13C. The van der Waals surface area contributed by atoms with Gasteiger partial charge in [-0.15, -0.1) is 0 Å². The maximum atomic E-state index is 12.7. The third kappa shape index (κ3) is 12.0. The van der Waals surface area contributed by atoms with E-state index in [1.54, 1.807) is 0 Å². The zero-order chi connectivity index (χ0) is 64.2. The quantitative estimate of drug-likeness (QED) is 0.0506. The molecule has 28 nitrogen and oxygen atoms in total. The van der Waals surface area contributed by atoms with Crippen LogP contribution in [-0.2, 0) is 42.6 Å². The van der Waals surface area contributed by atoms with Gasteiger partial charge in [0.1, 0.15) is 110 Å². The fraction of sp³-hybridized carbons (Fsp3) is 0.967. The number of aliphatic hydroxyl groups excluding tert-OH is 18. The van der Waals surface area contributed by atoms with E-state index in [2.05, 4.69) is 33.8 Å². The van der Waals surface area contributed by atoms with Gasteiger partial charge in [-0.1, -0.05) is 39.3 Å². The Labute approximate surface area is 511 Å². The van der Waals surface area contributed by atoms with E-state index >= 15 is 0 Å². The second-order valence-electron chi connectivity index (χ2n) is 28.9. The van der Waals surface area contributed by atoms with Crippen LogP contribution in [-0.4, -0.2) is 301 Å². The Kier molecular flexibility index (Phi) is 20.8. The summed E-state index contributed by atoms with van der Waals surface area (Å²) >= 11 is 0. The van der Waals surface area contributed by atoms with Crippen LogP contribution in [0.15, 0.2) is 11.6 Å². The Balaban J connectivity index is 0.811. The summed E-state index contributed by atoms with van der Waals surface area (Å²) in [5.41, 5.74) is -1.67. The Morgan fingerprint density at radius 1 is 0.580 bits per heavy atom. The summed E-state index contributed by atoms with van der Waals surface area (Å²) in [7, 11) is 0. The second kappa shape index (κ2) is 26.3. The molecule has 35 atom stereocenters. The van der Waals surface area contributed by atoms with Gasteiger partial charge in [0, 0.05) is 17.9 Å². The summed E-state index contributed by atoms with van der Waals surface area (Å²) in [4.78, 5) is 0. The van der Waals surface area contributed by atoms with Gasteiger partial charge in [-0.25, -0.2) is 0 Å². The van der Waals surface area contributed by atoms with Gasteiger partial charge in [-0.2, -0.15) is 0 Å². The van der Waals surface area contributed by atoms with Crippen LogP contribution in [0, 0.1) is 51.2 Å². The molecular weight excluding hydrogens is 1170 g/mol. The third-order valence-electron chi connectivity index (χ3n) is 23.2. The van der Waals surface area contributed by atoms with Gasteiger partial charge in [-0.05, 0) is 118 Å². The molecule has 0 radical (unpaired) electrons. The zero-order valence-electron chi connectivity index (χ0n) is 50.8. The van der Waals surface area contributed by atoms with Gasteiger partial charge >= 0.3 is 0 Å². The highest BCUT2D eigenvalue weighted by Gasteiger charge is 2.83. The number of rotatable bonds is 20. The first-order valence-electron chi connectivity index (χ1n) is 31.6. The van der Waals surface area contributed by atoms with Crippen molar-refractivity contribution in [1.82, 2.24) is 0 Å². The third-order valence-corrected chi connectivity index (χ3v) is 23.2. The topological polar surface area (TPSA) is 467 Å².